The molecule has 0 spiro atoms. The van der Waals surface area contributed by atoms with Crippen molar-refractivity contribution >= 4 is 5.91 Å². The SMILES string of the molecule is CN(CCOCCO)C(=O)c1cc(=O)[nH]c(=O)[nH]1. The summed E-state index contributed by atoms with van der Waals surface area (Å²) in [6, 6.07) is 1.02. The van der Waals surface area contributed by atoms with Crippen LogP contribution in [0.1, 0.15) is 10.5 Å². The van der Waals surface area contributed by atoms with Crippen molar-refractivity contribution in [2.45, 2.75) is 0 Å². The van der Waals surface area contributed by atoms with Crippen molar-refractivity contribution in [1.29, 1.82) is 0 Å². The van der Waals surface area contributed by atoms with E-state index in [0.717, 1.165) is 6.07 Å². The van der Waals surface area contributed by atoms with Gasteiger partial charge in [-0.05, 0) is 0 Å². The average molecular weight is 257 g/mol. The van der Waals surface area contributed by atoms with Crippen LogP contribution in [-0.2, 0) is 4.74 Å². The topological polar surface area (TPSA) is 115 Å². The molecule has 8 heteroatoms. The van der Waals surface area contributed by atoms with Gasteiger partial charge in [-0.15, -0.1) is 0 Å². The fourth-order valence-electron chi connectivity index (χ4n) is 1.26. The minimum absolute atomic E-state index is 0.0755. The van der Waals surface area contributed by atoms with Crippen LogP contribution in [0.3, 0.4) is 0 Å². The second-order valence-electron chi connectivity index (χ2n) is 3.56. The predicted octanol–water partition coefficient (Wildman–Crippen LogP) is -1.86. The number of likely N-dealkylation sites (N-methyl/N-ethyl adjacent to an activating group) is 1. The van der Waals surface area contributed by atoms with Crippen LogP contribution in [0.5, 0.6) is 0 Å². The largest absolute Gasteiger partial charge is 0.394 e. The van der Waals surface area contributed by atoms with Gasteiger partial charge >= 0.3 is 5.69 Å². The van der Waals surface area contributed by atoms with Crippen molar-refractivity contribution in [3.05, 3.63) is 32.6 Å². The lowest BCUT2D eigenvalue weighted by Gasteiger charge is -2.16. The number of nitrogens with one attached hydrogen (secondary N) is 2. The zero-order chi connectivity index (χ0) is 13.5. The first kappa shape index (κ1) is 14.1. The number of nitrogens with zero attached hydrogens (tertiary/aromatic N) is 1. The number of hydrogen-bond donors (Lipinski definition) is 3. The fraction of sp³-hybridized carbons (Fsp3) is 0.500. The molecule has 1 rings (SSSR count). The molecule has 100 valence electrons. The molecular weight excluding hydrogens is 242 g/mol. The Labute approximate surface area is 102 Å². The Morgan fingerprint density at radius 2 is 2.11 bits per heavy atom. The standard InChI is InChI=1S/C10H15N3O5/c1-13(2-4-18-5-3-14)9(16)7-6-8(15)12-10(17)11-7/h6,14H,2-5H2,1H3,(H2,11,12,15,17). The van der Waals surface area contributed by atoms with Crippen LogP contribution in [0.2, 0.25) is 0 Å². The minimum atomic E-state index is -0.726. The van der Waals surface area contributed by atoms with Crippen LogP contribution in [0.15, 0.2) is 15.7 Å². The Kier molecular flexibility index (Phi) is 5.28. The Morgan fingerprint density at radius 1 is 1.39 bits per heavy atom. The molecule has 1 aromatic rings. The molecule has 3 N–H and O–H groups in total. The molecule has 18 heavy (non-hydrogen) atoms. The summed E-state index contributed by atoms with van der Waals surface area (Å²) >= 11 is 0. The van der Waals surface area contributed by atoms with Gasteiger partial charge in [-0.2, -0.15) is 0 Å². The zero-order valence-corrected chi connectivity index (χ0v) is 9.93. The van der Waals surface area contributed by atoms with Gasteiger partial charge in [-0.25, -0.2) is 4.79 Å². The molecule has 0 saturated carbocycles. The molecule has 1 amide bonds. The van der Waals surface area contributed by atoms with Gasteiger partial charge in [0, 0.05) is 19.7 Å². The normalized spacial score (nSPS) is 10.3. The number of carbonyl (C=O) groups excluding carboxylic acids is 1. The number of H-pyrrole nitrogens is 2. The summed E-state index contributed by atoms with van der Waals surface area (Å²) in [5, 5.41) is 8.50. The Morgan fingerprint density at radius 3 is 2.72 bits per heavy atom. The van der Waals surface area contributed by atoms with E-state index >= 15 is 0 Å². The third-order valence-electron chi connectivity index (χ3n) is 2.14. The molecule has 0 aromatic carbocycles. The predicted molar refractivity (Wildman–Crippen MR) is 62.5 cm³/mol. The number of aliphatic hydroxyl groups excluding tert-OH is 1. The number of carbonyl (C=O) groups is 1. The third kappa shape index (κ3) is 4.15. The summed E-state index contributed by atoms with van der Waals surface area (Å²) in [7, 11) is 1.52. The maximum atomic E-state index is 11.8. The number of aliphatic hydroxyl groups is 1. The first-order chi connectivity index (χ1) is 8.54. The van der Waals surface area contributed by atoms with E-state index in [9.17, 15) is 14.4 Å². The van der Waals surface area contributed by atoms with E-state index in [0.29, 0.717) is 0 Å². The molecule has 0 atom stereocenters. The molecule has 0 bridgehead atoms. The molecule has 0 aliphatic rings. The Balaban J connectivity index is 2.63. The number of ether oxygens (including phenoxy) is 1. The van der Waals surface area contributed by atoms with Crippen molar-refractivity contribution in [3.8, 4) is 0 Å². The minimum Gasteiger partial charge on any atom is -0.394 e. The average Bonchev–Trinajstić information content (AvgIpc) is 2.32. The van der Waals surface area contributed by atoms with E-state index in [1.807, 2.05) is 4.98 Å². The van der Waals surface area contributed by atoms with E-state index in [1.165, 1.54) is 11.9 Å². The van der Waals surface area contributed by atoms with E-state index < -0.39 is 17.2 Å². The van der Waals surface area contributed by atoms with Gasteiger partial charge in [0.1, 0.15) is 5.69 Å². The first-order valence-corrected chi connectivity index (χ1v) is 5.32. The zero-order valence-electron chi connectivity index (χ0n) is 9.93. The molecule has 0 fully saturated rings. The summed E-state index contributed by atoms with van der Waals surface area (Å²) in [6.45, 7) is 0.660. The maximum absolute atomic E-state index is 11.8. The molecule has 0 saturated heterocycles. The van der Waals surface area contributed by atoms with Crippen LogP contribution >= 0.6 is 0 Å². The number of aromatic nitrogens is 2. The van der Waals surface area contributed by atoms with Crippen molar-refractivity contribution in [2.24, 2.45) is 0 Å². The first-order valence-electron chi connectivity index (χ1n) is 5.32. The maximum Gasteiger partial charge on any atom is 0.326 e. The highest BCUT2D eigenvalue weighted by Crippen LogP contribution is 1.94. The van der Waals surface area contributed by atoms with Gasteiger partial charge < -0.3 is 19.7 Å². The Bertz CT molecular complexity index is 478. The summed E-state index contributed by atoms with van der Waals surface area (Å²) in [6.07, 6.45) is 0. The summed E-state index contributed by atoms with van der Waals surface area (Å²) in [5.41, 5.74) is -1.43. The lowest BCUT2D eigenvalue weighted by atomic mass is 10.3. The third-order valence-corrected chi connectivity index (χ3v) is 2.14. The van der Waals surface area contributed by atoms with Gasteiger partial charge in [-0.3, -0.25) is 14.6 Å². The number of hydrogen-bond acceptors (Lipinski definition) is 5. The van der Waals surface area contributed by atoms with Gasteiger partial charge in [0.05, 0.1) is 19.8 Å². The van der Waals surface area contributed by atoms with Crippen molar-refractivity contribution < 1.29 is 14.6 Å². The van der Waals surface area contributed by atoms with Crippen LogP contribution < -0.4 is 11.2 Å². The second-order valence-corrected chi connectivity index (χ2v) is 3.56. The highest BCUT2D eigenvalue weighted by molar-refractivity contribution is 5.91. The molecule has 0 unspecified atom stereocenters. The van der Waals surface area contributed by atoms with E-state index in [1.54, 1.807) is 0 Å². The van der Waals surface area contributed by atoms with Gasteiger partial charge in [0.2, 0.25) is 0 Å². The smallest absolute Gasteiger partial charge is 0.326 e. The Hall–Kier alpha value is -1.93. The summed E-state index contributed by atoms with van der Waals surface area (Å²) in [4.78, 5) is 39.4. The molecular formula is C10H15N3O5. The van der Waals surface area contributed by atoms with E-state index in [4.69, 9.17) is 9.84 Å². The number of amides is 1. The molecule has 1 heterocycles. The molecule has 8 nitrogen and oxygen atoms in total. The van der Waals surface area contributed by atoms with Crippen LogP contribution in [0, 0.1) is 0 Å². The molecule has 0 aliphatic carbocycles. The van der Waals surface area contributed by atoms with Gasteiger partial charge in [0.15, 0.2) is 0 Å². The lowest BCUT2D eigenvalue weighted by molar-refractivity contribution is 0.0614. The monoisotopic (exact) mass is 257 g/mol. The van der Waals surface area contributed by atoms with Gasteiger partial charge in [-0.1, -0.05) is 0 Å². The summed E-state index contributed by atoms with van der Waals surface area (Å²) < 4.78 is 5.00. The summed E-state index contributed by atoms with van der Waals surface area (Å²) in [5.74, 6) is -0.481. The highest BCUT2D eigenvalue weighted by atomic mass is 16.5. The van der Waals surface area contributed by atoms with Gasteiger partial charge in [0.25, 0.3) is 11.5 Å². The fourth-order valence-corrected chi connectivity index (χ4v) is 1.26. The highest BCUT2D eigenvalue weighted by Gasteiger charge is 2.13. The van der Waals surface area contributed by atoms with Crippen molar-refractivity contribution in [2.75, 3.05) is 33.4 Å². The molecule has 0 aliphatic heterocycles. The van der Waals surface area contributed by atoms with Crippen LogP contribution in [0.4, 0.5) is 0 Å². The lowest BCUT2D eigenvalue weighted by Crippen LogP contribution is -2.34. The van der Waals surface area contributed by atoms with Crippen LogP contribution in [-0.4, -0.2) is 59.3 Å². The van der Waals surface area contributed by atoms with Crippen LogP contribution in [0.25, 0.3) is 0 Å². The second kappa shape index (κ2) is 6.72. The van der Waals surface area contributed by atoms with Crippen molar-refractivity contribution in [1.82, 2.24) is 14.9 Å². The number of rotatable bonds is 6. The van der Waals surface area contributed by atoms with Crippen molar-refractivity contribution in [3.63, 3.8) is 0 Å². The molecule has 0 radical (unpaired) electrons. The van der Waals surface area contributed by atoms with E-state index in [-0.39, 0.29) is 32.1 Å². The van der Waals surface area contributed by atoms with E-state index in [2.05, 4.69) is 4.98 Å². The number of aromatic amines is 2. The quantitative estimate of drug-likeness (QED) is 0.517. The molecule has 1 aromatic heterocycles.